The van der Waals surface area contributed by atoms with Crippen LogP contribution in [-0.2, 0) is 0 Å². The molecule has 0 saturated carbocycles. The summed E-state index contributed by atoms with van der Waals surface area (Å²) in [6, 6.07) is 10.0. The molecule has 4 rings (SSSR count). The third-order valence-electron chi connectivity index (χ3n) is 5.07. The molecule has 2 aliphatic heterocycles. The van der Waals surface area contributed by atoms with Gasteiger partial charge in [0.2, 0.25) is 17.8 Å². The largest absolute Gasteiger partial charge is 0.341 e. The molecule has 0 bridgehead atoms. The Morgan fingerprint density at radius 2 is 1.30 bits per heavy atom. The number of hydrazone groups is 1. The van der Waals surface area contributed by atoms with Crippen molar-refractivity contribution in [3.63, 3.8) is 0 Å². The smallest absolute Gasteiger partial charge is 0.250 e. The van der Waals surface area contributed by atoms with Crippen LogP contribution in [0.3, 0.4) is 0 Å². The molecule has 0 atom stereocenters. The quantitative estimate of drug-likeness (QED) is 0.648. The van der Waals surface area contributed by atoms with Gasteiger partial charge in [-0.2, -0.15) is 20.1 Å². The topological polar surface area (TPSA) is 69.5 Å². The Morgan fingerprint density at radius 1 is 0.741 bits per heavy atom. The summed E-state index contributed by atoms with van der Waals surface area (Å²) in [7, 11) is 0. The summed E-state index contributed by atoms with van der Waals surface area (Å²) in [5.41, 5.74) is 4.04. The number of rotatable bonds is 5. The molecule has 7 nitrogen and oxygen atoms in total. The van der Waals surface area contributed by atoms with Gasteiger partial charge in [-0.1, -0.05) is 30.3 Å². The summed E-state index contributed by atoms with van der Waals surface area (Å²) in [6.07, 6.45) is 9.13. The third-order valence-corrected chi connectivity index (χ3v) is 5.07. The van der Waals surface area contributed by atoms with Gasteiger partial charge in [0.15, 0.2) is 0 Å². The van der Waals surface area contributed by atoms with E-state index in [9.17, 15) is 0 Å². The number of anilines is 3. The summed E-state index contributed by atoms with van der Waals surface area (Å²) in [6.45, 7) is 4.04. The van der Waals surface area contributed by atoms with Gasteiger partial charge in [0.05, 0.1) is 6.21 Å². The standard InChI is InChI=1S/C20H27N7/c1-4-10-17(11-5-1)16-21-25-18-22-19(26-12-6-2-7-13-26)24-20(23-18)27-14-8-3-9-15-27/h1,4-5,10-11,16H,2-3,6-9,12-15H2,(H,22,23,24,25)/b21-16-. The lowest BCUT2D eigenvalue weighted by Crippen LogP contribution is -2.34. The van der Waals surface area contributed by atoms with Crippen LogP contribution in [0.5, 0.6) is 0 Å². The van der Waals surface area contributed by atoms with Crippen molar-refractivity contribution in [3.8, 4) is 0 Å². The minimum atomic E-state index is 0.512. The SMILES string of the molecule is C(=N/Nc1nc(N2CCCCC2)nc(N2CCCCC2)n1)/c1ccccc1. The van der Waals surface area contributed by atoms with Crippen LogP contribution in [0.25, 0.3) is 0 Å². The summed E-state index contributed by atoms with van der Waals surface area (Å²) in [4.78, 5) is 18.6. The zero-order valence-corrected chi connectivity index (χ0v) is 15.7. The van der Waals surface area contributed by atoms with E-state index in [0.29, 0.717) is 5.95 Å². The third kappa shape index (κ3) is 4.72. The molecule has 0 radical (unpaired) electrons. The number of hydrogen-bond donors (Lipinski definition) is 1. The molecule has 7 heteroatoms. The van der Waals surface area contributed by atoms with Crippen molar-refractivity contribution < 1.29 is 0 Å². The van der Waals surface area contributed by atoms with E-state index in [2.05, 4.69) is 30.3 Å². The number of nitrogens with one attached hydrogen (secondary N) is 1. The van der Waals surface area contributed by atoms with Crippen molar-refractivity contribution in [1.82, 2.24) is 15.0 Å². The van der Waals surface area contributed by atoms with Crippen molar-refractivity contribution in [2.24, 2.45) is 5.10 Å². The molecule has 0 spiro atoms. The van der Waals surface area contributed by atoms with Crippen LogP contribution in [0.4, 0.5) is 17.8 Å². The van der Waals surface area contributed by atoms with E-state index < -0.39 is 0 Å². The van der Waals surface area contributed by atoms with Gasteiger partial charge in [-0.3, -0.25) is 0 Å². The predicted octanol–water partition coefficient (Wildman–Crippen LogP) is 3.30. The molecule has 1 aromatic heterocycles. The number of benzene rings is 1. The molecule has 2 aromatic rings. The molecule has 1 N–H and O–H groups in total. The average Bonchev–Trinajstić information content (AvgIpc) is 2.76. The molecule has 3 heterocycles. The van der Waals surface area contributed by atoms with Crippen LogP contribution >= 0.6 is 0 Å². The lowest BCUT2D eigenvalue weighted by atomic mass is 10.1. The number of aromatic nitrogens is 3. The van der Waals surface area contributed by atoms with E-state index in [0.717, 1.165) is 43.6 Å². The first-order chi connectivity index (χ1) is 13.4. The van der Waals surface area contributed by atoms with Crippen LogP contribution in [0, 0.1) is 0 Å². The fourth-order valence-electron chi connectivity index (χ4n) is 3.58. The maximum absolute atomic E-state index is 4.78. The lowest BCUT2D eigenvalue weighted by Gasteiger charge is -2.30. The first kappa shape index (κ1) is 17.7. The normalized spacial score (nSPS) is 18.1. The van der Waals surface area contributed by atoms with E-state index in [-0.39, 0.29) is 0 Å². The lowest BCUT2D eigenvalue weighted by molar-refractivity contribution is 0.556. The molecule has 0 unspecified atom stereocenters. The van der Waals surface area contributed by atoms with Crippen molar-refractivity contribution in [2.75, 3.05) is 41.4 Å². The maximum atomic E-state index is 4.78. The van der Waals surface area contributed by atoms with Crippen LogP contribution in [0.2, 0.25) is 0 Å². The zero-order chi connectivity index (χ0) is 18.3. The van der Waals surface area contributed by atoms with Gasteiger partial charge >= 0.3 is 0 Å². The van der Waals surface area contributed by atoms with Crippen LogP contribution in [0.1, 0.15) is 44.1 Å². The van der Waals surface area contributed by atoms with Crippen molar-refractivity contribution >= 4 is 24.1 Å². The molecule has 2 saturated heterocycles. The average molecular weight is 365 g/mol. The Hall–Kier alpha value is -2.70. The number of nitrogens with zero attached hydrogens (tertiary/aromatic N) is 6. The molecule has 2 aliphatic rings. The predicted molar refractivity (Wildman–Crippen MR) is 110 cm³/mol. The highest BCUT2D eigenvalue weighted by atomic mass is 15.4. The van der Waals surface area contributed by atoms with Crippen molar-refractivity contribution in [3.05, 3.63) is 35.9 Å². The second kappa shape index (κ2) is 8.79. The van der Waals surface area contributed by atoms with E-state index in [1.54, 1.807) is 6.21 Å². The molecule has 27 heavy (non-hydrogen) atoms. The van der Waals surface area contributed by atoms with Crippen LogP contribution in [-0.4, -0.2) is 47.3 Å². The second-order valence-corrected chi connectivity index (χ2v) is 7.14. The Labute approximate surface area is 160 Å². The van der Waals surface area contributed by atoms with Gasteiger partial charge in [-0.15, -0.1) is 0 Å². The molecule has 1 aromatic carbocycles. The van der Waals surface area contributed by atoms with Crippen molar-refractivity contribution in [2.45, 2.75) is 38.5 Å². The Balaban J connectivity index is 1.55. The van der Waals surface area contributed by atoms with Gasteiger partial charge < -0.3 is 9.80 Å². The van der Waals surface area contributed by atoms with E-state index in [1.807, 2.05) is 30.3 Å². The van der Waals surface area contributed by atoms with E-state index in [1.165, 1.54) is 38.5 Å². The maximum Gasteiger partial charge on any atom is 0.250 e. The van der Waals surface area contributed by atoms with E-state index >= 15 is 0 Å². The minimum Gasteiger partial charge on any atom is -0.341 e. The molecular formula is C20H27N7. The highest BCUT2D eigenvalue weighted by Crippen LogP contribution is 2.22. The summed E-state index contributed by atoms with van der Waals surface area (Å²) >= 11 is 0. The van der Waals surface area contributed by atoms with Crippen molar-refractivity contribution in [1.29, 1.82) is 0 Å². The summed E-state index contributed by atoms with van der Waals surface area (Å²) in [5.74, 6) is 2.05. The summed E-state index contributed by atoms with van der Waals surface area (Å²) < 4.78 is 0. The van der Waals surface area contributed by atoms with Gasteiger partial charge in [-0.05, 0) is 44.1 Å². The molecular weight excluding hydrogens is 338 g/mol. The summed E-state index contributed by atoms with van der Waals surface area (Å²) in [5, 5.41) is 4.32. The number of hydrogen-bond acceptors (Lipinski definition) is 7. The molecule has 0 aliphatic carbocycles. The highest BCUT2D eigenvalue weighted by Gasteiger charge is 2.20. The Kier molecular flexibility index (Phi) is 5.76. The number of piperidine rings is 2. The van der Waals surface area contributed by atoms with Crippen LogP contribution < -0.4 is 15.2 Å². The van der Waals surface area contributed by atoms with E-state index in [4.69, 9.17) is 4.98 Å². The Bertz CT molecular complexity index is 714. The first-order valence-electron chi connectivity index (χ1n) is 9.98. The van der Waals surface area contributed by atoms with Gasteiger partial charge in [0, 0.05) is 26.2 Å². The van der Waals surface area contributed by atoms with Crippen LogP contribution in [0.15, 0.2) is 35.4 Å². The first-order valence-corrected chi connectivity index (χ1v) is 9.98. The molecule has 142 valence electrons. The molecule has 2 fully saturated rings. The zero-order valence-electron chi connectivity index (χ0n) is 15.7. The highest BCUT2D eigenvalue weighted by molar-refractivity contribution is 5.79. The monoisotopic (exact) mass is 365 g/mol. The Morgan fingerprint density at radius 3 is 1.85 bits per heavy atom. The fraction of sp³-hybridized carbons (Fsp3) is 0.500. The molecule has 0 amide bonds. The minimum absolute atomic E-state index is 0.512. The second-order valence-electron chi connectivity index (χ2n) is 7.14. The van der Waals surface area contributed by atoms with Gasteiger partial charge in [-0.25, -0.2) is 5.43 Å². The van der Waals surface area contributed by atoms with Gasteiger partial charge in [0.1, 0.15) is 0 Å². The fourth-order valence-corrected chi connectivity index (χ4v) is 3.58. The van der Waals surface area contributed by atoms with Gasteiger partial charge in [0.25, 0.3) is 0 Å².